The van der Waals surface area contributed by atoms with Crippen LogP contribution in [-0.4, -0.2) is 73.4 Å². The number of benzene rings is 2. The molecule has 306 valence electrons. The van der Waals surface area contributed by atoms with Crippen molar-refractivity contribution in [2.45, 2.75) is 86.2 Å². The normalized spacial score (nSPS) is 14.6. The first-order valence-corrected chi connectivity index (χ1v) is 20.9. The number of imidazole rings is 2. The molecule has 1 aliphatic heterocycles. The Morgan fingerprint density at radius 3 is 1.81 bits per heavy atom. The molecule has 0 radical (unpaired) electrons. The van der Waals surface area contributed by atoms with Crippen LogP contribution < -0.4 is 14.7 Å². The molecular formula is C46H58ClN9O2. The van der Waals surface area contributed by atoms with E-state index in [4.69, 9.17) is 21.6 Å². The van der Waals surface area contributed by atoms with E-state index in [-0.39, 0.29) is 30.4 Å². The smallest absolute Gasteiger partial charge is 0.229 e. The minimum Gasteiger partial charge on any atom is -0.343 e. The van der Waals surface area contributed by atoms with E-state index < -0.39 is 0 Å². The van der Waals surface area contributed by atoms with Crippen LogP contribution in [0.15, 0.2) is 85.2 Å². The average Bonchev–Trinajstić information content (AvgIpc) is 4.17. The molecule has 9 rings (SSSR count). The number of halogens is 1. The van der Waals surface area contributed by atoms with E-state index in [1.54, 1.807) is 11.1 Å². The van der Waals surface area contributed by atoms with E-state index in [0.717, 1.165) is 111 Å². The van der Waals surface area contributed by atoms with E-state index >= 15 is 0 Å². The second kappa shape index (κ2) is 19.4. The predicted molar refractivity (Wildman–Crippen MR) is 237 cm³/mol. The predicted octanol–water partition coefficient (Wildman–Crippen LogP) is 9.14. The fraction of sp³-hybridized carbons (Fsp3) is 0.435. The Bertz CT molecular complexity index is 2270. The van der Waals surface area contributed by atoms with Gasteiger partial charge in [-0.1, -0.05) is 75.0 Å². The van der Waals surface area contributed by atoms with Crippen molar-refractivity contribution in [3.05, 3.63) is 102 Å². The first-order valence-electron chi connectivity index (χ1n) is 20.5. The summed E-state index contributed by atoms with van der Waals surface area (Å²) >= 11 is 5.04. The number of carbonyl (C=O) groups excluding carboxylic acids is 2. The van der Waals surface area contributed by atoms with Gasteiger partial charge in [-0.05, 0) is 99.2 Å². The number of nitrogens with zero attached hydrogens (tertiary/aromatic N) is 9. The Labute approximate surface area is 348 Å². The topological polar surface area (TPSA) is 105 Å². The van der Waals surface area contributed by atoms with Crippen molar-refractivity contribution in [3.8, 4) is 0 Å². The first kappa shape index (κ1) is 42.3. The third kappa shape index (κ3) is 10.0. The fourth-order valence-corrected chi connectivity index (χ4v) is 7.40. The summed E-state index contributed by atoms with van der Waals surface area (Å²) < 4.78 is 4.55. The lowest BCUT2D eigenvalue weighted by molar-refractivity contribution is -0.119. The summed E-state index contributed by atoms with van der Waals surface area (Å²) in [4.78, 5) is 47.7. The van der Waals surface area contributed by atoms with Gasteiger partial charge in [0.15, 0.2) is 11.3 Å². The number of aryl methyl sites for hydroxylation is 1. The van der Waals surface area contributed by atoms with Crippen molar-refractivity contribution < 1.29 is 9.59 Å². The summed E-state index contributed by atoms with van der Waals surface area (Å²) in [5.41, 5.74) is 8.28. The molecule has 3 aliphatic rings. The molecule has 0 bridgehead atoms. The van der Waals surface area contributed by atoms with E-state index in [0.29, 0.717) is 0 Å². The molecular weight excluding hydrogens is 746 g/mol. The zero-order chi connectivity index (χ0) is 39.9. The molecule has 0 spiro atoms. The third-order valence-corrected chi connectivity index (χ3v) is 11.3. The largest absolute Gasteiger partial charge is 0.343 e. The minimum atomic E-state index is -0.157. The van der Waals surface area contributed by atoms with E-state index in [9.17, 15) is 9.59 Å². The van der Waals surface area contributed by atoms with Crippen LogP contribution in [0.25, 0.3) is 22.3 Å². The van der Waals surface area contributed by atoms with Crippen molar-refractivity contribution in [1.29, 1.82) is 0 Å². The van der Waals surface area contributed by atoms with Crippen LogP contribution in [0.4, 0.5) is 17.6 Å². The molecule has 0 N–H and O–H groups in total. The molecule has 1 saturated heterocycles. The van der Waals surface area contributed by atoms with Gasteiger partial charge in [0.05, 0.1) is 36.0 Å². The molecule has 3 fully saturated rings. The number of pyridine rings is 2. The van der Waals surface area contributed by atoms with Crippen molar-refractivity contribution in [2.24, 2.45) is 11.8 Å². The van der Waals surface area contributed by atoms with Crippen molar-refractivity contribution in [1.82, 2.24) is 29.1 Å². The summed E-state index contributed by atoms with van der Waals surface area (Å²) in [6.07, 6.45) is 11.1. The van der Waals surface area contributed by atoms with Crippen molar-refractivity contribution in [3.63, 3.8) is 0 Å². The van der Waals surface area contributed by atoms with Gasteiger partial charge in [0.1, 0.15) is 0 Å². The summed E-state index contributed by atoms with van der Waals surface area (Å²) in [6, 6.07) is 25.3. The molecule has 5 heterocycles. The lowest BCUT2D eigenvalue weighted by atomic mass is 10.2. The molecule has 2 saturated carbocycles. The number of rotatable bonds is 12. The number of hydrogen-bond acceptors (Lipinski definition) is 8. The molecule has 11 nitrogen and oxygen atoms in total. The Balaban J connectivity index is 0.000000171. The molecule has 6 aromatic rings. The number of fused-ring (bicyclic) bond motifs is 2. The third-order valence-electron chi connectivity index (χ3n) is 11.0. The van der Waals surface area contributed by atoms with Crippen LogP contribution in [0.3, 0.4) is 0 Å². The first-order chi connectivity index (χ1) is 27.8. The van der Waals surface area contributed by atoms with Crippen LogP contribution in [0, 0.1) is 11.8 Å². The van der Waals surface area contributed by atoms with Crippen LogP contribution >= 0.6 is 11.6 Å². The molecule has 1 amide bonds. The molecule has 4 aromatic heterocycles. The molecule has 0 unspecified atom stereocenters. The summed E-state index contributed by atoms with van der Waals surface area (Å²) in [7, 11) is 1.85. The Hall–Kier alpha value is -5.29. The molecule has 2 aromatic carbocycles. The van der Waals surface area contributed by atoms with E-state index in [2.05, 4.69) is 116 Å². The second-order valence-electron chi connectivity index (χ2n) is 15.2. The van der Waals surface area contributed by atoms with Gasteiger partial charge in [0.25, 0.3) is 0 Å². The van der Waals surface area contributed by atoms with Gasteiger partial charge in [-0.15, -0.1) is 0 Å². The maximum atomic E-state index is 12.5. The maximum absolute atomic E-state index is 12.5. The molecule has 12 heteroatoms. The fourth-order valence-electron chi connectivity index (χ4n) is 7.19. The highest BCUT2D eigenvalue weighted by Crippen LogP contribution is 2.34. The van der Waals surface area contributed by atoms with E-state index in [1.165, 1.54) is 29.5 Å². The number of aromatic nitrogens is 6. The second-order valence-corrected chi connectivity index (χ2v) is 15.5. The van der Waals surface area contributed by atoms with Gasteiger partial charge in [-0.3, -0.25) is 9.59 Å². The van der Waals surface area contributed by atoms with Crippen LogP contribution in [0.5, 0.6) is 0 Å². The van der Waals surface area contributed by atoms with Crippen molar-refractivity contribution >= 4 is 62.7 Å². The van der Waals surface area contributed by atoms with Gasteiger partial charge in [0, 0.05) is 51.3 Å². The average molecular weight is 804 g/mol. The monoisotopic (exact) mass is 803 g/mol. The Kier molecular flexibility index (Phi) is 14.2. The maximum Gasteiger partial charge on any atom is 0.229 e. The zero-order valence-corrected chi connectivity index (χ0v) is 34.4. The summed E-state index contributed by atoms with van der Waals surface area (Å²) in [5.74, 6) is 2.60. The van der Waals surface area contributed by atoms with Crippen LogP contribution in [0.2, 0.25) is 0 Å². The lowest BCUT2D eigenvalue weighted by Crippen LogP contribution is -2.27. The molecule has 0 atom stereocenters. The summed E-state index contributed by atoms with van der Waals surface area (Å²) in [5, 5.41) is -0.157. The SMILES string of the molecule is C.CCc1cnc2nc(N(CC)CC)n(Cc3ccccc3)c2c1.CN(C(=O)C1CC1)c1cnc2nc(N3CCCC3)n(Cc3ccccc3)c2c1.O=C(Cl)C1CC1. The Morgan fingerprint density at radius 2 is 1.28 bits per heavy atom. The number of carbonyl (C=O) groups is 2. The highest BCUT2D eigenvalue weighted by atomic mass is 35.5. The van der Waals surface area contributed by atoms with Crippen LogP contribution in [0.1, 0.15) is 83.4 Å². The zero-order valence-electron chi connectivity index (χ0n) is 33.6. The molecule has 2 aliphatic carbocycles. The van der Waals surface area contributed by atoms with Gasteiger partial charge in [0.2, 0.25) is 23.0 Å². The number of amides is 1. The Morgan fingerprint density at radius 1 is 0.724 bits per heavy atom. The standard InChI is InChI=1S/C22H25N5O.C19H24N4.C4H5ClO.CH4/c1-25(21(28)17-9-10-17)18-13-19-20(23-14-18)24-22(26-11-5-6-12-26)27(19)15-16-7-3-2-4-8-16;1-4-15-12-17-18(20-13-15)21-19(22(5-2)6-3)23(17)14-16-10-8-7-9-11-16;5-4(6)3-1-2-3;/h2-4,7-8,13-14,17H,5-6,9-12,15H2,1H3;7-13H,4-6,14H2,1-3H3;3H,1-2H2;1H4. The summed E-state index contributed by atoms with van der Waals surface area (Å²) in [6.45, 7) is 12.0. The van der Waals surface area contributed by atoms with Gasteiger partial charge >= 0.3 is 0 Å². The minimum absolute atomic E-state index is 0. The number of hydrogen-bond donors (Lipinski definition) is 0. The highest BCUT2D eigenvalue weighted by Gasteiger charge is 2.33. The lowest BCUT2D eigenvalue weighted by Gasteiger charge is -2.21. The quantitative estimate of drug-likeness (QED) is 0.113. The van der Waals surface area contributed by atoms with Gasteiger partial charge in [-0.2, -0.15) is 9.97 Å². The van der Waals surface area contributed by atoms with Crippen molar-refractivity contribution in [2.75, 3.05) is 47.9 Å². The highest BCUT2D eigenvalue weighted by molar-refractivity contribution is 6.64. The van der Waals surface area contributed by atoms with Crippen LogP contribution in [-0.2, 0) is 29.1 Å². The van der Waals surface area contributed by atoms with Gasteiger partial charge in [-0.25, -0.2) is 9.97 Å². The molecule has 58 heavy (non-hydrogen) atoms. The van der Waals surface area contributed by atoms with E-state index in [1.807, 2.05) is 19.3 Å². The number of anilines is 3. The van der Waals surface area contributed by atoms with Gasteiger partial charge < -0.3 is 23.8 Å².